The summed E-state index contributed by atoms with van der Waals surface area (Å²) in [5.74, 6) is 0. The van der Waals surface area contributed by atoms with Crippen molar-refractivity contribution in [3.05, 3.63) is 58.7 Å². The normalized spacial score (nSPS) is 10.2. The van der Waals surface area contributed by atoms with Crippen LogP contribution < -0.4 is 5.32 Å². The molecule has 0 fully saturated rings. The Hall–Kier alpha value is -2.07. The number of rotatable bonds is 6. The quantitative estimate of drug-likeness (QED) is 0.830. The fourth-order valence-electron chi connectivity index (χ4n) is 2.25. The van der Waals surface area contributed by atoms with Crippen molar-refractivity contribution in [1.82, 2.24) is 5.32 Å². The molecule has 2 aromatic carbocycles. The Labute approximate surface area is 128 Å². The van der Waals surface area contributed by atoms with E-state index in [0.29, 0.717) is 18.5 Å². The minimum absolute atomic E-state index is 0.484. The zero-order chi connectivity index (χ0) is 15.2. The summed E-state index contributed by atoms with van der Waals surface area (Å²) in [5.41, 5.74) is 4.04. The molecule has 1 amide bonds. The predicted octanol–water partition coefficient (Wildman–Crippen LogP) is 3.51. The van der Waals surface area contributed by atoms with E-state index in [2.05, 4.69) is 17.4 Å². The predicted molar refractivity (Wildman–Crippen MR) is 84.8 cm³/mol. The highest BCUT2D eigenvalue weighted by atomic mass is 32.2. The van der Waals surface area contributed by atoms with Gasteiger partial charge in [-0.2, -0.15) is 0 Å². The molecular formula is C17H17NO2S. The van der Waals surface area contributed by atoms with Crippen LogP contribution in [0.2, 0.25) is 0 Å². The van der Waals surface area contributed by atoms with E-state index in [1.165, 1.54) is 0 Å². The van der Waals surface area contributed by atoms with Crippen LogP contribution in [0.1, 0.15) is 27.0 Å². The van der Waals surface area contributed by atoms with Gasteiger partial charge in [0.1, 0.15) is 0 Å². The minimum Gasteiger partial charge on any atom is -0.355 e. The number of hydrogen-bond acceptors (Lipinski definition) is 3. The van der Waals surface area contributed by atoms with Crippen molar-refractivity contribution in [1.29, 1.82) is 0 Å². The Morgan fingerprint density at radius 2 is 1.90 bits per heavy atom. The third-order valence-electron chi connectivity index (χ3n) is 3.13. The highest BCUT2D eigenvalue weighted by molar-refractivity contribution is 7.99. The summed E-state index contributed by atoms with van der Waals surface area (Å²) >= 11 is 1.56. The Morgan fingerprint density at radius 3 is 2.62 bits per heavy atom. The van der Waals surface area contributed by atoms with E-state index in [0.717, 1.165) is 32.8 Å². The van der Waals surface area contributed by atoms with Crippen molar-refractivity contribution in [3.63, 3.8) is 0 Å². The van der Waals surface area contributed by atoms with Crippen molar-refractivity contribution in [2.45, 2.75) is 30.2 Å². The van der Waals surface area contributed by atoms with Crippen LogP contribution in [0.4, 0.5) is 0 Å². The van der Waals surface area contributed by atoms with Crippen LogP contribution in [0, 0.1) is 13.8 Å². The molecule has 0 spiro atoms. The molecule has 0 atom stereocenters. The molecule has 0 saturated heterocycles. The second-order valence-corrected chi connectivity index (χ2v) is 5.88. The molecule has 0 bridgehead atoms. The van der Waals surface area contributed by atoms with Gasteiger partial charge in [0.05, 0.1) is 0 Å². The van der Waals surface area contributed by atoms with Gasteiger partial charge in [-0.3, -0.25) is 9.59 Å². The van der Waals surface area contributed by atoms with Crippen LogP contribution >= 0.6 is 11.8 Å². The number of nitrogens with one attached hydrogen (secondary N) is 1. The lowest BCUT2D eigenvalue weighted by atomic mass is 10.1. The van der Waals surface area contributed by atoms with E-state index in [9.17, 15) is 9.59 Å². The van der Waals surface area contributed by atoms with Gasteiger partial charge in [0.25, 0.3) is 0 Å². The van der Waals surface area contributed by atoms with Crippen molar-refractivity contribution >= 4 is 24.5 Å². The minimum atomic E-state index is 0.484. The number of carbonyl (C=O) groups excluding carboxylic acids is 2. The molecule has 4 heteroatoms. The van der Waals surface area contributed by atoms with Gasteiger partial charge in [-0.15, -0.1) is 0 Å². The number of carbonyl (C=O) groups is 2. The Balaban J connectivity index is 2.42. The van der Waals surface area contributed by atoms with Crippen LogP contribution in [-0.4, -0.2) is 12.7 Å². The third kappa shape index (κ3) is 3.73. The summed E-state index contributed by atoms with van der Waals surface area (Å²) in [6.45, 7) is 4.56. The van der Waals surface area contributed by atoms with Gasteiger partial charge >= 0.3 is 0 Å². The molecule has 0 unspecified atom stereocenters. The molecule has 0 saturated carbocycles. The molecule has 21 heavy (non-hydrogen) atoms. The SMILES string of the molecule is Cc1cc(C)c(Sc2ccccc2C=O)c(CNC=O)c1. The van der Waals surface area contributed by atoms with E-state index in [4.69, 9.17) is 0 Å². The molecule has 0 aromatic heterocycles. The molecule has 108 valence electrons. The van der Waals surface area contributed by atoms with Crippen LogP contribution in [0.5, 0.6) is 0 Å². The second kappa shape index (κ2) is 7.09. The first-order valence-electron chi connectivity index (χ1n) is 6.65. The van der Waals surface area contributed by atoms with E-state index < -0.39 is 0 Å². The van der Waals surface area contributed by atoms with Crippen molar-refractivity contribution in [2.75, 3.05) is 0 Å². The van der Waals surface area contributed by atoms with E-state index >= 15 is 0 Å². The molecule has 3 nitrogen and oxygen atoms in total. The highest BCUT2D eigenvalue weighted by Gasteiger charge is 2.11. The van der Waals surface area contributed by atoms with E-state index in [-0.39, 0.29) is 0 Å². The third-order valence-corrected chi connectivity index (χ3v) is 4.51. The van der Waals surface area contributed by atoms with Crippen molar-refractivity contribution < 1.29 is 9.59 Å². The lowest BCUT2D eigenvalue weighted by Gasteiger charge is -2.14. The van der Waals surface area contributed by atoms with Crippen LogP contribution in [0.25, 0.3) is 0 Å². The number of benzene rings is 2. The molecule has 2 aromatic rings. The van der Waals surface area contributed by atoms with Gasteiger partial charge in [0.2, 0.25) is 6.41 Å². The maximum absolute atomic E-state index is 11.1. The Bertz CT molecular complexity index is 668. The number of hydrogen-bond donors (Lipinski definition) is 1. The average Bonchev–Trinajstić information content (AvgIpc) is 2.48. The molecule has 0 aliphatic heterocycles. The summed E-state index contributed by atoms with van der Waals surface area (Å²) in [6, 6.07) is 11.7. The van der Waals surface area contributed by atoms with Gasteiger partial charge in [-0.1, -0.05) is 47.7 Å². The number of aldehydes is 1. The molecule has 0 aliphatic carbocycles. The lowest BCUT2D eigenvalue weighted by Crippen LogP contribution is -2.11. The Morgan fingerprint density at radius 1 is 1.14 bits per heavy atom. The van der Waals surface area contributed by atoms with Gasteiger partial charge in [0.15, 0.2) is 6.29 Å². The Kier molecular flexibility index (Phi) is 5.17. The molecular weight excluding hydrogens is 282 g/mol. The summed E-state index contributed by atoms with van der Waals surface area (Å²) in [6.07, 6.45) is 1.57. The van der Waals surface area contributed by atoms with Crippen LogP contribution in [0.3, 0.4) is 0 Å². The summed E-state index contributed by atoms with van der Waals surface area (Å²) in [4.78, 5) is 23.7. The van der Waals surface area contributed by atoms with E-state index in [1.54, 1.807) is 11.8 Å². The summed E-state index contributed by atoms with van der Waals surface area (Å²) in [7, 11) is 0. The summed E-state index contributed by atoms with van der Waals surface area (Å²) in [5, 5.41) is 2.71. The topological polar surface area (TPSA) is 46.2 Å². The maximum atomic E-state index is 11.1. The first-order valence-corrected chi connectivity index (χ1v) is 7.46. The zero-order valence-electron chi connectivity index (χ0n) is 12.1. The first-order chi connectivity index (χ1) is 10.2. The molecule has 2 rings (SSSR count). The molecule has 0 heterocycles. The average molecular weight is 299 g/mol. The zero-order valence-corrected chi connectivity index (χ0v) is 12.9. The van der Waals surface area contributed by atoms with Gasteiger partial charge in [0, 0.05) is 21.9 Å². The van der Waals surface area contributed by atoms with Crippen molar-refractivity contribution in [3.8, 4) is 0 Å². The van der Waals surface area contributed by atoms with Gasteiger partial charge < -0.3 is 5.32 Å². The van der Waals surface area contributed by atoms with Crippen molar-refractivity contribution in [2.24, 2.45) is 0 Å². The second-order valence-electron chi connectivity index (χ2n) is 4.83. The lowest BCUT2D eigenvalue weighted by molar-refractivity contribution is -0.109. The van der Waals surface area contributed by atoms with Crippen LogP contribution in [-0.2, 0) is 11.3 Å². The smallest absolute Gasteiger partial charge is 0.207 e. The first kappa shape index (κ1) is 15.3. The standard InChI is InChI=1S/C17H17NO2S/c1-12-7-13(2)17(15(8-12)9-18-11-20)21-16-6-4-3-5-14(16)10-19/h3-8,10-11H,9H2,1-2H3,(H,18,20). The molecule has 0 aliphatic rings. The van der Waals surface area contributed by atoms with Gasteiger partial charge in [-0.25, -0.2) is 0 Å². The maximum Gasteiger partial charge on any atom is 0.207 e. The van der Waals surface area contributed by atoms with E-state index in [1.807, 2.05) is 38.1 Å². The highest BCUT2D eigenvalue weighted by Crippen LogP contribution is 2.35. The number of aryl methyl sites for hydroxylation is 2. The summed E-state index contributed by atoms with van der Waals surface area (Å²) < 4.78 is 0. The number of amides is 1. The van der Waals surface area contributed by atoms with Gasteiger partial charge in [-0.05, 0) is 31.0 Å². The molecule has 0 radical (unpaired) electrons. The monoisotopic (exact) mass is 299 g/mol. The fourth-order valence-corrected chi connectivity index (χ4v) is 3.33. The largest absolute Gasteiger partial charge is 0.355 e. The van der Waals surface area contributed by atoms with Crippen LogP contribution in [0.15, 0.2) is 46.2 Å². The fraction of sp³-hybridized carbons (Fsp3) is 0.176. The molecule has 1 N–H and O–H groups in total.